The molecular weight excluding hydrogens is 300 g/mol. The molecule has 1 saturated heterocycles. The third-order valence-electron chi connectivity index (χ3n) is 2.93. The fraction of sp³-hybridized carbons (Fsp3) is 0.692. The summed E-state index contributed by atoms with van der Waals surface area (Å²) < 4.78 is 19.8. The number of hydrogen-bond donors (Lipinski definition) is 1. The standard InChI is InChI=1S/C13H18O9/c1-6(14)13(18)12(21-9(4)17)11(20-8(3)16)10(22-13)5-19-7(2)15/h10-12,18H,5H2,1-4H3/t10-,11-,12-,13?/m1/s1. The number of esters is 3. The third kappa shape index (κ3) is 4.01. The van der Waals surface area contributed by atoms with Gasteiger partial charge in [-0.05, 0) is 0 Å². The van der Waals surface area contributed by atoms with Crippen LogP contribution in [0.4, 0.5) is 0 Å². The van der Waals surface area contributed by atoms with Crippen molar-refractivity contribution in [2.75, 3.05) is 6.61 Å². The molecule has 0 bridgehead atoms. The summed E-state index contributed by atoms with van der Waals surface area (Å²) in [5.74, 6) is -5.52. The number of aliphatic hydroxyl groups is 1. The molecule has 0 aliphatic carbocycles. The number of ketones is 1. The average molecular weight is 318 g/mol. The lowest BCUT2D eigenvalue weighted by molar-refractivity contribution is -0.229. The highest BCUT2D eigenvalue weighted by molar-refractivity contribution is 5.85. The number of carbonyl (C=O) groups excluding carboxylic acids is 4. The molecule has 1 fully saturated rings. The van der Waals surface area contributed by atoms with Crippen LogP contribution in [0.3, 0.4) is 0 Å². The van der Waals surface area contributed by atoms with E-state index in [4.69, 9.17) is 18.9 Å². The minimum absolute atomic E-state index is 0.388. The molecule has 1 unspecified atom stereocenters. The van der Waals surface area contributed by atoms with Crippen LogP contribution in [0.25, 0.3) is 0 Å². The van der Waals surface area contributed by atoms with E-state index < -0.39 is 47.8 Å². The van der Waals surface area contributed by atoms with Gasteiger partial charge in [-0.25, -0.2) is 0 Å². The molecule has 0 saturated carbocycles. The zero-order valence-electron chi connectivity index (χ0n) is 12.7. The molecule has 0 aromatic rings. The summed E-state index contributed by atoms with van der Waals surface area (Å²) in [6.07, 6.45) is -4.02. The van der Waals surface area contributed by atoms with Crippen molar-refractivity contribution >= 4 is 23.7 Å². The van der Waals surface area contributed by atoms with Gasteiger partial charge in [-0.3, -0.25) is 19.2 Å². The van der Waals surface area contributed by atoms with E-state index in [0.717, 1.165) is 27.7 Å². The fourth-order valence-electron chi connectivity index (χ4n) is 2.05. The van der Waals surface area contributed by atoms with Crippen LogP contribution in [0.1, 0.15) is 27.7 Å². The lowest BCUT2D eigenvalue weighted by Gasteiger charge is -2.26. The van der Waals surface area contributed by atoms with Crippen LogP contribution in [0.5, 0.6) is 0 Å². The van der Waals surface area contributed by atoms with Gasteiger partial charge in [-0.2, -0.15) is 0 Å². The second-order valence-electron chi connectivity index (χ2n) is 4.82. The Kier molecular flexibility index (Phi) is 5.61. The van der Waals surface area contributed by atoms with Crippen molar-refractivity contribution in [2.45, 2.75) is 51.8 Å². The predicted octanol–water partition coefficient (Wildman–Crippen LogP) is -0.911. The highest BCUT2D eigenvalue weighted by atomic mass is 16.7. The number of ether oxygens (including phenoxy) is 4. The molecule has 4 atom stereocenters. The third-order valence-corrected chi connectivity index (χ3v) is 2.93. The number of hydrogen-bond acceptors (Lipinski definition) is 9. The number of carbonyl (C=O) groups is 4. The minimum atomic E-state index is -2.49. The fourth-order valence-corrected chi connectivity index (χ4v) is 2.05. The molecular formula is C13H18O9. The predicted molar refractivity (Wildman–Crippen MR) is 68.2 cm³/mol. The van der Waals surface area contributed by atoms with Gasteiger partial charge in [0.05, 0.1) is 0 Å². The van der Waals surface area contributed by atoms with E-state index in [1.807, 2.05) is 0 Å². The van der Waals surface area contributed by atoms with Gasteiger partial charge < -0.3 is 24.1 Å². The van der Waals surface area contributed by atoms with Crippen molar-refractivity contribution in [1.82, 2.24) is 0 Å². The molecule has 1 aliphatic rings. The topological polar surface area (TPSA) is 125 Å². The molecule has 0 radical (unpaired) electrons. The van der Waals surface area contributed by atoms with E-state index in [9.17, 15) is 24.3 Å². The van der Waals surface area contributed by atoms with Crippen LogP contribution in [0, 0.1) is 0 Å². The number of rotatable bonds is 5. The van der Waals surface area contributed by atoms with Crippen LogP contribution in [-0.4, -0.2) is 59.5 Å². The van der Waals surface area contributed by atoms with Crippen molar-refractivity contribution in [3.05, 3.63) is 0 Å². The summed E-state index contributed by atoms with van der Waals surface area (Å²) >= 11 is 0. The van der Waals surface area contributed by atoms with Crippen molar-refractivity contribution in [3.8, 4) is 0 Å². The van der Waals surface area contributed by atoms with Crippen molar-refractivity contribution in [1.29, 1.82) is 0 Å². The molecule has 1 rings (SSSR count). The largest absolute Gasteiger partial charge is 0.463 e. The second-order valence-corrected chi connectivity index (χ2v) is 4.82. The Hall–Kier alpha value is -2.00. The van der Waals surface area contributed by atoms with Gasteiger partial charge >= 0.3 is 17.9 Å². The highest BCUT2D eigenvalue weighted by Crippen LogP contribution is 2.35. The van der Waals surface area contributed by atoms with Crippen LogP contribution in [0.2, 0.25) is 0 Å². The Morgan fingerprint density at radius 1 is 1.00 bits per heavy atom. The Morgan fingerprint density at radius 3 is 1.95 bits per heavy atom. The summed E-state index contributed by atoms with van der Waals surface area (Å²) in [6, 6.07) is 0. The normalized spacial score (nSPS) is 30.5. The molecule has 0 spiro atoms. The summed E-state index contributed by atoms with van der Waals surface area (Å²) in [5, 5.41) is 10.3. The van der Waals surface area contributed by atoms with Gasteiger partial charge in [0, 0.05) is 27.7 Å². The molecule has 9 nitrogen and oxygen atoms in total. The summed E-state index contributed by atoms with van der Waals surface area (Å²) in [6.45, 7) is 3.94. The summed E-state index contributed by atoms with van der Waals surface area (Å²) in [4.78, 5) is 44.9. The van der Waals surface area contributed by atoms with E-state index in [2.05, 4.69) is 0 Å². The van der Waals surface area contributed by atoms with Crippen LogP contribution in [0.15, 0.2) is 0 Å². The van der Waals surface area contributed by atoms with Crippen molar-refractivity contribution in [2.24, 2.45) is 0 Å². The van der Waals surface area contributed by atoms with E-state index in [1.54, 1.807) is 0 Å². The Bertz CT molecular complexity index is 486. The maximum absolute atomic E-state index is 11.7. The lowest BCUT2D eigenvalue weighted by Crippen LogP contribution is -2.51. The SMILES string of the molecule is CC(=O)OC[C@H]1OC(O)(C(C)=O)[C@H](OC(C)=O)[C@@H]1OC(C)=O. The van der Waals surface area contributed by atoms with Crippen molar-refractivity contribution < 1.29 is 43.2 Å². The van der Waals surface area contributed by atoms with E-state index in [0.29, 0.717) is 0 Å². The van der Waals surface area contributed by atoms with Gasteiger partial charge in [0.2, 0.25) is 6.10 Å². The van der Waals surface area contributed by atoms with Gasteiger partial charge in [0.1, 0.15) is 12.7 Å². The van der Waals surface area contributed by atoms with Gasteiger partial charge in [0.25, 0.3) is 5.79 Å². The molecule has 1 heterocycles. The van der Waals surface area contributed by atoms with E-state index in [1.165, 1.54) is 0 Å². The first-order valence-electron chi connectivity index (χ1n) is 6.47. The number of Topliss-reactive ketones (excluding diaryl/α,β-unsaturated/α-hetero) is 1. The zero-order valence-corrected chi connectivity index (χ0v) is 12.7. The quantitative estimate of drug-likeness (QED) is 0.506. The van der Waals surface area contributed by atoms with Crippen LogP contribution < -0.4 is 0 Å². The molecule has 0 aromatic carbocycles. The molecule has 1 aliphatic heterocycles. The first-order chi connectivity index (χ1) is 10.1. The van der Waals surface area contributed by atoms with Gasteiger partial charge in [0.15, 0.2) is 11.9 Å². The molecule has 124 valence electrons. The van der Waals surface area contributed by atoms with E-state index in [-0.39, 0.29) is 6.61 Å². The molecule has 1 N–H and O–H groups in total. The first-order valence-corrected chi connectivity index (χ1v) is 6.47. The summed E-state index contributed by atoms with van der Waals surface area (Å²) in [7, 11) is 0. The smallest absolute Gasteiger partial charge is 0.303 e. The van der Waals surface area contributed by atoms with E-state index >= 15 is 0 Å². The van der Waals surface area contributed by atoms with Gasteiger partial charge in [-0.1, -0.05) is 0 Å². The highest BCUT2D eigenvalue weighted by Gasteiger charge is 2.61. The first kappa shape index (κ1) is 18.1. The summed E-state index contributed by atoms with van der Waals surface area (Å²) in [5.41, 5.74) is 0. The lowest BCUT2D eigenvalue weighted by atomic mass is 10.0. The maximum atomic E-state index is 11.7. The molecule has 9 heteroatoms. The van der Waals surface area contributed by atoms with Crippen LogP contribution >= 0.6 is 0 Å². The minimum Gasteiger partial charge on any atom is -0.463 e. The van der Waals surface area contributed by atoms with Gasteiger partial charge in [-0.15, -0.1) is 0 Å². The molecule has 22 heavy (non-hydrogen) atoms. The monoisotopic (exact) mass is 318 g/mol. The maximum Gasteiger partial charge on any atom is 0.303 e. The van der Waals surface area contributed by atoms with Crippen molar-refractivity contribution in [3.63, 3.8) is 0 Å². The Labute approximate surface area is 126 Å². The van der Waals surface area contributed by atoms with Crippen LogP contribution in [-0.2, 0) is 38.1 Å². The Balaban J connectivity index is 3.11. The zero-order chi connectivity index (χ0) is 17.1. The Morgan fingerprint density at radius 2 is 1.55 bits per heavy atom. The molecule has 0 aromatic heterocycles. The second kappa shape index (κ2) is 6.84. The molecule has 0 amide bonds. The average Bonchev–Trinajstić information content (AvgIpc) is 2.61.